The number of nitrogens with zero attached hydrogens (tertiary/aromatic N) is 3. The number of allylic oxidation sites excluding steroid dienone is 4. The highest BCUT2D eigenvalue weighted by Gasteiger charge is 2.54. The summed E-state index contributed by atoms with van der Waals surface area (Å²) in [5.74, 6) is 0. The monoisotopic (exact) mass is 699 g/mol. The standard InChI is InChI=1S/C51H45N3/c1-49(2)36-20-15-21-37-46(36)54-47-38(49)26-30(52-42-22-11-7-16-32(42)33-17-8-12-23-43(33)52)28-40(47)51(5,6)41-29-31(27-39(48(41)54)50(37,3)4)53-44-24-13-9-18-34(44)35-19-10-14-25-45(35)53/h7-13,15-24,27-30H,14,25-26H2,1-6H3. The van der Waals surface area contributed by atoms with Gasteiger partial charge in [0, 0.05) is 60.4 Å². The van der Waals surface area contributed by atoms with Crippen molar-refractivity contribution in [3.63, 3.8) is 0 Å². The highest BCUT2D eigenvalue weighted by atomic mass is 15.2. The summed E-state index contributed by atoms with van der Waals surface area (Å²) in [5.41, 5.74) is 20.5. The van der Waals surface area contributed by atoms with Crippen LogP contribution in [0.1, 0.15) is 93.9 Å². The molecule has 5 heterocycles. The van der Waals surface area contributed by atoms with Crippen LogP contribution in [0, 0.1) is 0 Å². The number of fused-ring (bicyclic) bond motifs is 6. The molecule has 0 spiro atoms. The summed E-state index contributed by atoms with van der Waals surface area (Å²) in [6, 6.07) is 39.6. The molecule has 0 fully saturated rings. The molecule has 5 aliphatic rings. The van der Waals surface area contributed by atoms with Crippen molar-refractivity contribution in [1.82, 2.24) is 9.13 Å². The Balaban J connectivity index is 1.19. The molecule has 2 aromatic heterocycles. The molecule has 0 radical (unpaired) electrons. The van der Waals surface area contributed by atoms with Crippen molar-refractivity contribution in [2.75, 3.05) is 4.90 Å². The van der Waals surface area contributed by atoms with Crippen LogP contribution in [0.3, 0.4) is 0 Å². The lowest BCUT2D eigenvalue weighted by Gasteiger charge is -2.57. The van der Waals surface area contributed by atoms with Gasteiger partial charge in [-0.2, -0.15) is 0 Å². The van der Waals surface area contributed by atoms with Crippen LogP contribution in [0.5, 0.6) is 0 Å². The van der Waals surface area contributed by atoms with E-state index in [1.165, 1.54) is 94.6 Å². The van der Waals surface area contributed by atoms with E-state index in [0.717, 1.165) is 19.3 Å². The van der Waals surface area contributed by atoms with Crippen LogP contribution < -0.4 is 4.90 Å². The van der Waals surface area contributed by atoms with Gasteiger partial charge in [0.25, 0.3) is 0 Å². The number of para-hydroxylation sites is 4. The maximum atomic E-state index is 2.75. The highest BCUT2D eigenvalue weighted by Crippen LogP contribution is 2.66. The van der Waals surface area contributed by atoms with Crippen molar-refractivity contribution in [2.45, 2.75) is 83.1 Å². The maximum Gasteiger partial charge on any atom is 0.0567 e. The second kappa shape index (κ2) is 9.95. The number of anilines is 2. The summed E-state index contributed by atoms with van der Waals surface area (Å²) >= 11 is 0. The van der Waals surface area contributed by atoms with Gasteiger partial charge in [-0.1, -0.05) is 133 Å². The summed E-state index contributed by atoms with van der Waals surface area (Å²) in [5, 5.41) is 4.02. The molecule has 3 heteroatoms. The summed E-state index contributed by atoms with van der Waals surface area (Å²) < 4.78 is 5.26. The lowest BCUT2D eigenvalue weighted by atomic mass is 9.58. The molecule has 3 nitrogen and oxygen atoms in total. The van der Waals surface area contributed by atoms with Gasteiger partial charge in [0.05, 0.1) is 28.6 Å². The van der Waals surface area contributed by atoms with Crippen LogP contribution in [0.4, 0.5) is 11.4 Å². The Kier molecular flexibility index (Phi) is 5.69. The fourth-order valence-corrected chi connectivity index (χ4v) is 11.6. The molecule has 1 unspecified atom stereocenters. The Labute approximate surface area is 317 Å². The smallest absolute Gasteiger partial charge is 0.0567 e. The zero-order valence-corrected chi connectivity index (χ0v) is 32.1. The van der Waals surface area contributed by atoms with Crippen molar-refractivity contribution in [3.05, 3.63) is 166 Å². The fraction of sp³-hybridized carbons (Fsp3) is 0.255. The quantitative estimate of drug-likeness (QED) is 0.175. The Morgan fingerprint density at radius 1 is 0.593 bits per heavy atom. The van der Waals surface area contributed by atoms with E-state index < -0.39 is 0 Å². The van der Waals surface area contributed by atoms with Crippen molar-refractivity contribution < 1.29 is 0 Å². The van der Waals surface area contributed by atoms with Crippen LogP contribution in [0.25, 0.3) is 44.5 Å². The number of hydrogen-bond donors (Lipinski definition) is 0. The van der Waals surface area contributed by atoms with E-state index in [9.17, 15) is 0 Å². The molecule has 0 saturated carbocycles. The topological polar surface area (TPSA) is 13.1 Å². The van der Waals surface area contributed by atoms with Crippen LogP contribution in [0.15, 0.2) is 132 Å². The minimum absolute atomic E-state index is 0.133. The predicted octanol–water partition coefficient (Wildman–Crippen LogP) is 12.9. The number of benzene rings is 5. The molecular weight excluding hydrogens is 655 g/mol. The molecule has 7 aromatic rings. The lowest BCUT2D eigenvalue weighted by Crippen LogP contribution is -2.48. The minimum Gasteiger partial charge on any atom is -0.333 e. The fourth-order valence-electron chi connectivity index (χ4n) is 11.6. The first-order chi connectivity index (χ1) is 26.1. The molecule has 0 N–H and O–H groups in total. The number of aromatic nitrogens is 2. The van der Waals surface area contributed by atoms with E-state index in [1.54, 1.807) is 5.57 Å². The third-order valence-electron chi connectivity index (χ3n) is 14.3. The molecule has 2 aliphatic carbocycles. The second-order valence-corrected chi connectivity index (χ2v) is 18.0. The van der Waals surface area contributed by atoms with Crippen LogP contribution in [0.2, 0.25) is 0 Å². The predicted molar refractivity (Wildman–Crippen MR) is 226 cm³/mol. The van der Waals surface area contributed by atoms with Gasteiger partial charge in [0.2, 0.25) is 0 Å². The summed E-state index contributed by atoms with van der Waals surface area (Å²) in [4.78, 5) is 2.75. The molecule has 0 amide bonds. The van der Waals surface area contributed by atoms with Gasteiger partial charge in [0.1, 0.15) is 0 Å². The lowest BCUT2D eigenvalue weighted by molar-refractivity contribution is 0.477. The molecule has 1 atom stereocenters. The van der Waals surface area contributed by atoms with Crippen molar-refractivity contribution >= 4 is 50.2 Å². The molecule has 3 aliphatic heterocycles. The van der Waals surface area contributed by atoms with Gasteiger partial charge < -0.3 is 14.0 Å². The van der Waals surface area contributed by atoms with Gasteiger partial charge in [-0.05, 0) is 83.0 Å². The molecule has 264 valence electrons. The van der Waals surface area contributed by atoms with Crippen LogP contribution in [-0.4, -0.2) is 9.13 Å². The maximum absolute atomic E-state index is 2.75. The average molecular weight is 700 g/mol. The Hall–Kier alpha value is -5.54. The zero-order chi connectivity index (χ0) is 36.5. The van der Waals surface area contributed by atoms with Crippen molar-refractivity contribution in [3.8, 4) is 5.69 Å². The molecule has 0 bridgehead atoms. The first kappa shape index (κ1) is 30.9. The van der Waals surface area contributed by atoms with Crippen molar-refractivity contribution in [2.24, 2.45) is 0 Å². The molecular formula is C51H45N3. The van der Waals surface area contributed by atoms with E-state index in [1.807, 2.05) is 0 Å². The third kappa shape index (κ3) is 3.55. The zero-order valence-electron chi connectivity index (χ0n) is 32.1. The van der Waals surface area contributed by atoms with Gasteiger partial charge in [-0.25, -0.2) is 0 Å². The average Bonchev–Trinajstić information content (AvgIpc) is 3.70. The van der Waals surface area contributed by atoms with E-state index in [4.69, 9.17) is 0 Å². The first-order valence-electron chi connectivity index (χ1n) is 19.9. The Bertz CT molecular complexity index is 2900. The summed E-state index contributed by atoms with van der Waals surface area (Å²) in [6.45, 7) is 15.0. The number of hydrogen-bond acceptors (Lipinski definition) is 1. The highest BCUT2D eigenvalue weighted by molar-refractivity contribution is 6.08. The summed E-state index contributed by atoms with van der Waals surface area (Å²) in [7, 11) is 0. The third-order valence-corrected chi connectivity index (χ3v) is 14.3. The van der Waals surface area contributed by atoms with Gasteiger partial charge >= 0.3 is 0 Å². The number of rotatable bonds is 2. The molecule has 54 heavy (non-hydrogen) atoms. The largest absolute Gasteiger partial charge is 0.333 e. The second-order valence-electron chi connectivity index (χ2n) is 18.0. The van der Waals surface area contributed by atoms with Crippen LogP contribution in [-0.2, 0) is 22.7 Å². The summed E-state index contributed by atoms with van der Waals surface area (Å²) in [6.07, 6.45) is 10.5. The SMILES string of the molecule is CC1(C)C2=CC(n3c4ccccc4c4ccccc43)CC3=C2N2c4c1cc(-n1c5c(c6ccccc61)C=CCC5)cc4C(C)(C)c1cccc(c12)C3(C)C. The Morgan fingerprint density at radius 3 is 1.89 bits per heavy atom. The molecule has 0 saturated heterocycles. The van der Waals surface area contributed by atoms with Gasteiger partial charge in [-0.15, -0.1) is 0 Å². The molecule has 5 aromatic carbocycles. The first-order valence-corrected chi connectivity index (χ1v) is 19.9. The van der Waals surface area contributed by atoms with Gasteiger partial charge in [0.15, 0.2) is 0 Å². The normalized spacial score (nSPS) is 20.7. The van der Waals surface area contributed by atoms with Gasteiger partial charge in [-0.3, -0.25) is 0 Å². The van der Waals surface area contributed by atoms with E-state index in [0.29, 0.717) is 0 Å². The van der Waals surface area contributed by atoms with E-state index >= 15 is 0 Å². The van der Waals surface area contributed by atoms with Crippen LogP contribution >= 0.6 is 0 Å². The van der Waals surface area contributed by atoms with Crippen molar-refractivity contribution in [1.29, 1.82) is 0 Å². The van der Waals surface area contributed by atoms with E-state index in [-0.39, 0.29) is 22.3 Å². The molecule has 12 rings (SSSR count). The minimum atomic E-state index is -0.243. The Morgan fingerprint density at radius 2 is 1.19 bits per heavy atom. The van der Waals surface area contributed by atoms with E-state index in [2.05, 4.69) is 177 Å².